The number of amidine groups is 1. The minimum atomic E-state index is -0.617. The molecule has 3 aromatic rings. The van der Waals surface area contributed by atoms with Gasteiger partial charge in [0.1, 0.15) is 6.04 Å². The molecule has 1 N–H and O–H groups in total. The van der Waals surface area contributed by atoms with Crippen LogP contribution in [0.4, 0.5) is 5.69 Å². The Morgan fingerprint density at radius 3 is 2.04 bits per heavy atom. The molecule has 2 atom stereocenters. The zero-order valence-electron chi connectivity index (χ0n) is 14.8. The first kappa shape index (κ1) is 18.3. The van der Waals surface area contributed by atoms with Gasteiger partial charge in [-0.05, 0) is 40.3 Å². The first-order chi connectivity index (χ1) is 13.6. The fourth-order valence-electron chi connectivity index (χ4n) is 3.23. The smallest absolute Gasteiger partial charge is 0.358 e. The average Bonchev–Trinajstić information content (AvgIpc) is 2.74. The zero-order valence-corrected chi connectivity index (χ0v) is 16.4. The largest absolute Gasteiger partial charge is 0.385 e. The second kappa shape index (κ2) is 7.92. The number of nitrogens with one attached hydrogen (secondary N) is 1. The van der Waals surface area contributed by atoms with Crippen molar-refractivity contribution >= 4 is 27.5 Å². The number of nitrogens with zero attached hydrogens (tertiary/aromatic N) is 3. The van der Waals surface area contributed by atoms with Gasteiger partial charge in [-0.1, -0.05) is 76.6 Å². The molecule has 1 heterocycles. The predicted molar refractivity (Wildman–Crippen MR) is 113 cm³/mol. The molecule has 0 radical (unpaired) electrons. The fourth-order valence-corrected chi connectivity index (χ4v) is 3.50. The Bertz CT molecular complexity index is 994. The molecule has 0 saturated carbocycles. The maximum atomic E-state index is 11.8. The van der Waals surface area contributed by atoms with Gasteiger partial charge >= 0.3 is 5.84 Å². The highest BCUT2D eigenvalue weighted by Crippen LogP contribution is 2.33. The van der Waals surface area contributed by atoms with E-state index in [0.717, 1.165) is 21.3 Å². The number of benzene rings is 3. The molecular formula is C21H17BrN4O2. The van der Waals surface area contributed by atoms with Gasteiger partial charge in [-0.25, -0.2) is 0 Å². The third-order valence-electron chi connectivity index (χ3n) is 4.56. The molecule has 2 unspecified atom stereocenters. The summed E-state index contributed by atoms with van der Waals surface area (Å²) in [6, 6.07) is 26.1. The maximum Gasteiger partial charge on any atom is 0.385 e. The van der Waals surface area contributed by atoms with Gasteiger partial charge in [-0.3, -0.25) is 5.32 Å². The van der Waals surface area contributed by atoms with Gasteiger partial charge in [0.05, 0.1) is 10.8 Å². The molecule has 0 fully saturated rings. The highest BCUT2D eigenvalue weighted by atomic mass is 79.9. The van der Waals surface area contributed by atoms with E-state index in [4.69, 9.17) is 0 Å². The van der Waals surface area contributed by atoms with Crippen LogP contribution in [0.25, 0.3) is 0 Å². The Hall–Kier alpha value is -3.03. The molecule has 0 aromatic heterocycles. The van der Waals surface area contributed by atoms with Crippen LogP contribution in [0.1, 0.15) is 23.3 Å². The van der Waals surface area contributed by atoms with Gasteiger partial charge in [-0.2, -0.15) is 5.01 Å². The number of hydrazone groups is 1. The highest BCUT2D eigenvalue weighted by molar-refractivity contribution is 9.10. The van der Waals surface area contributed by atoms with Crippen molar-refractivity contribution in [3.8, 4) is 0 Å². The summed E-state index contributed by atoms with van der Waals surface area (Å²) < 4.78 is 0.929. The Balaban J connectivity index is 1.84. The molecule has 1 aliphatic rings. The molecule has 4 rings (SSSR count). The van der Waals surface area contributed by atoms with Gasteiger partial charge in [0, 0.05) is 4.47 Å². The molecule has 0 bridgehead atoms. The Morgan fingerprint density at radius 2 is 1.46 bits per heavy atom. The topological polar surface area (TPSA) is 70.8 Å². The number of hydrogen-bond donors (Lipinski definition) is 1. The van der Waals surface area contributed by atoms with Crippen LogP contribution in [0.3, 0.4) is 0 Å². The summed E-state index contributed by atoms with van der Waals surface area (Å²) in [7, 11) is 0. The summed E-state index contributed by atoms with van der Waals surface area (Å²) in [4.78, 5) is 11.4. The third-order valence-corrected chi connectivity index (χ3v) is 5.09. The second-order valence-corrected chi connectivity index (χ2v) is 7.28. The number of halogens is 1. The molecule has 0 spiro atoms. The average molecular weight is 437 g/mol. The summed E-state index contributed by atoms with van der Waals surface area (Å²) in [5.41, 5.74) is 2.53. The van der Waals surface area contributed by atoms with E-state index in [2.05, 4.69) is 26.3 Å². The second-order valence-electron chi connectivity index (χ2n) is 6.36. The lowest BCUT2D eigenvalue weighted by atomic mass is 10.0. The molecule has 28 heavy (non-hydrogen) atoms. The van der Waals surface area contributed by atoms with Crippen molar-refractivity contribution in [2.75, 3.05) is 5.01 Å². The van der Waals surface area contributed by atoms with Crippen LogP contribution >= 0.6 is 15.9 Å². The first-order valence-corrected chi connectivity index (χ1v) is 9.56. The van der Waals surface area contributed by atoms with Crippen LogP contribution in [0.15, 0.2) is 94.5 Å². The van der Waals surface area contributed by atoms with Crippen molar-refractivity contribution in [2.45, 2.75) is 12.2 Å². The molecule has 0 saturated heterocycles. The Morgan fingerprint density at radius 1 is 0.893 bits per heavy atom. The van der Waals surface area contributed by atoms with Crippen molar-refractivity contribution in [1.82, 2.24) is 5.32 Å². The van der Waals surface area contributed by atoms with Crippen molar-refractivity contribution in [2.24, 2.45) is 5.10 Å². The lowest BCUT2D eigenvalue weighted by Crippen LogP contribution is -2.48. The molecule has 1 aliphatic heterocycles. The van der Waals surface area contributed by atoms with E-state index in [0.29, 0.717) is 0 Å². The summed E-state index contributed by atoms with van der Waals surface area (Å²) >= 11 is 3.43. The quantitative estimate of drug-likeness (QED) is 0.468. The van der Waals surface area contributed by atoms with Crippen LogP contribution in [0.5, 0.6) is 0 Å². The minimum absolute atomic E-state index is 0.138. The number of nitro groups is 1. The number of rotatable bonds is 3. The van der Waals surface area contributed by atoms with Gasteiger partial charge in [0.15, 0.2) is 6.17 Å². The standard InChI is InChI=1S/C21H17BrN4O2/c22-17-11-13-18(14-12-17)25-20(16-9-5-2-6-10-16)23-19(21(24-25)26(27)28)15-7-3-1-4-8-15/h1-14,19-20,23H. The monoisotopic (exact) mass is 436 g/mol. The van der Waals surface area contributed by atoms with E-state index >= 15 is 0 Å². The van der Waals surface area contributed by atoms with Crippen molar-refractivity contribution in [3.63, 3.8) is 0 Å². The maximum absolute atomic E-state index is 11.8. The summed E-state index contributed by atoms with van der Waals surface area (Å²) in [5.74, 6) is -0.138. The molecule has 6 nitrogen and oxygen atoms in total. The minimum Gasteiger partial charge on any atom is -0.358 e. The normalized spacial score (nSPS) is 19.2. The summed E-state index contributed by atoms with van der Waals surface area (Å²) in [6.45, 7) is 0. The Labute approximate surface area is 170 Å². The van der Waals surface area contributed by atoms with E-state index in [9.17, 15) is 10.1 Å². The number of anilines is 1. The highest BCUT2D eigenvalue weighted by Gasteiger charge is 2.41. The van der Waals surface area contributed by atoms with E-state index in [1.54, 1.807) is 5.01 Å². The molecule has 140 valence electrons. The van der Waals surface area contributed by atoms with Gasteiger partial charge in [0.2, 0.25) is 0 Å². The number of hydrogen-bond acceptors (Lipinski definition) is 5. The molecule has 0 amide bonds. The lowest BCUT2D eigenvalue weighted by Gasteiger charge is -2.33. The first-order valence-electron chi connectivity index (χ1n) is 8.77. The van der Waals surface area contributed by atoms with Crippen LogP contribution in [-0.4, -0.2) is 10.8 Å². The van der Waals surface area contributed by atoms with Crippen molar-refractivity contribution < 1.29 is 4.92 Å². The van der Waals surface area contributed by atoms with Crippen molar-refractivity contribution in [3.05, 3.63) is 111 Å². The van der Waals surface area contributed by atoms with Crippen LogP contribution in [-0.2, 0) is 0 Å². The predicted octanol–water partition coefficient (Wildman–Crippen LogP) is 4.89. The van der Waals surface area contributed by atoms with Gasteiger partial charge < -0.3 is 10.1 Å². The molecular weight excluding hydrogens is 420 g/mol. The zero-order chi connectivity index (χ0) is 19.5. The van der Waals surface area contributed by atoms with E-state index in [-0.39, 0.29) is 12.0 Å². The van der Waals surface area contributed by atoms with Crippen molar-refractivity contribution in [1.29, 1.82) is 0 Å². The third kappa shape index (κ3) is 3.67. The van der Waals surface area contributed by atoms with Gasteiger partial charge in [0.25, 0.3) is 0 Å². The molecule has 0 aliphatic carbocycles. The molecule has 7 heteroatoms. The Kier molecular flexibility index (Phi) is 5.18. The van der Waals surface area contributed by atoms with Crippen LogP contribution < -0.4 is 10.3 Å². The van der Waals surface area contributed by atoms with E-state index in [1.807, 2.05) is 84.9 Å². The van der Waals surface area contributed by atoms with E-state index < -0.39 is 11.0 Å². The summed E-state index contributed by atoms with van der Waals surface area (Å²) in [6.07, 6.45) is -0.351. The summed E-state index contributed by atoms with van der Waals surface area (Å²) in [5, 5.41) is 21.4. The lowest BCUT2D eigenvalue weighted by molar-refractivity contribution is -0.356. The van der Waals surface area contributed by atoms with E-state index in [1.165, 1.54) is 0 Å². The van der Waals surface area contributed by atoms with Crippen LogP contribution in [0.2, 0.25) is 0 Å². The van der Waals surface area contributed by atoms with Gasteiger partial charge in [-0.15, -0.1) is 0 Å². The van der Waals surface area contributed by atoms with Crippen LogP contribution in [0, 0.1) is 10.1 Å². The SMILES string of the molecule is O=[N+]([O-])C1=NN(c2ccc(Br)cc2)C(c2ccccc2)NC1c1ccccc1. The fraction of sp³-hybridized carbons (Fsp3) is 0.0952. The molecule has 3 aromatic carbocycles.